The van der Waals surface area contributed by atoms with E-state index < -0.39 is 5.54 Å². The summed E-state index contributed by atoms with van der Waals surface area (Å²) < 4.78 is 11.1. The van der Waals surface area contributed by atoms with Crippen molar-refractivity contribution < 1.29 is 14.3 Å². The number of thiazole rings is 1. The first-order valence-electron chi connectivity index (χ1n) is 9.29. The summed E-state index contributed by atoms with van der Waals surface area (Å²) in [4.78, 5) is 29.1. The van der Waals surface area contributed by atoms with Crippen molar-refractivity contribution >= 4 is 40.0 Å². The Kier molecular flexibility index (Phi) is 5.90. The molecule has 30 heavy (non-hydrogen) atoms. The monoisotopic (exact) mass is 444 g/mol. The maximum atomic E-state index is 12.5. The second kappa shape index (κ2) is 8.59. The van der Waals surface area contributed by atoms with E-state index in [1.165, 1.54) is 23.6 Å². The Morgan fingerprint density at radius 2 is 2.40 bits per heavy atom. The highest BCUT2D eigenvalue weighted by Crippen LogP contribution is 2.47. The van der Waals surface area contributed by atoms with Gasteiger partial charge in [0.1, 0.15) is 27.8 Å². The minimum Gasteiger partial charge on any atom is -0.424 e. The lowest BCUT2D eigenvalue weighted by Gasteiger charge is -2.44. The van der Waals surface area contributed by atoms with Crippen LogP contribution in [0.3, 0.4) is 0 Å². The van der Waals surface area contributed by atoms with Gasteiger partial charge < -0.3 is 20.5 Å². The fourth-order valence-electron chi connectivity index (χ4n) is 3.50. The van der Waals surface area contributed by atoms with Crippen LogP contribution in [0, 0.1) is 12.5 Å². The number of pyridine rings is 1. The third-order valence-electron chi connectivity index (χ3n) is 5.00. The molecule has 11 heteroatoms. The summed E-state index contributed by atoms with van der Waals surface area (Å²) in [6.45, 7) is 9.12. The number of aromatic nitrogens is 2. The van der Waals surface area contributed by atoms with Gasteiger partial charge in [0.05, 0.1) is 18.9 Å². The smallest absolute Gasteiger partial charge is 0.357 e. The minimum atomic E-state index is -0.602. The number of amidine groups is 1. The lowest BCUT2D eigenvalue weighted by molar-refractivity contribution is -0.0466. The van der Waals surface area contributed by atoms with Crippen LogP contribution in [-0.4, -0.2) is 46.2 Å². The Labute approximate surface area is 181 Å². The molecule has 156 valence electrons. The van der Waals surface area contributed by atoms with Crippen molar-refractivity contribution in [1.82, 2.24) is 9.97 Å². The van der Waals surface area contributed by atoms with Gasteiger partial charge in [-0.15, -0.1) is 11.3 Å². The molecule has 2 aliphatic heterocycles. The molecule has 1 amide bonds. The standard InChI is InChI=1S/C19H20N6O3S2/c1-11-5-12-7-30-18(20)25-19(12,9-27-11)17-24-15(8-29-17)23-16(26)14-4-3-13(6-22-14)28-10-21-2/h3-4,6,8,11-12H,5,7,9-10H2,1H3,(H2,20,25)(H,23,26)/t11-,12-,19-/m0/s1. The molecule has 2 aromatic heterocycles. The predicted molar refractivity (Wildman–Crippen MR) is 116 cm³/mol. The van der Waals surface area contributed by atoms with Crippen molar-refractivity contribution in [2.45, 2.75) is 25.0 Å². The number of carbonyl (C=O) groups excluding carboxylic acids is 1. The quantitative estimate of drug-likeness (QED) is 0.681. The second-order valence-corrected chi connectivity index (χ2v) is 8.94. The molecular formula is C19H20N6O3S2. The zero-order chi connectivity index (χ0) is 21.1. The number of aliphatic imine (C=N–C) groups is 1. The van der Waals surface area contributed by atoms with Crippen molar-refractivity contribution in [3.63, 3.8) is 0 Å². The van der Waals surface area contributed by atoms with E-state index in [0.29, 0.717) is 23.3 Å². The van der Waals surface area contributed by atoms with Crippen LogP contribution in [0.1, 0.15) is 28.8 Å². The van der Waals surface area contributed by atoms with E-state index in [1.54, 1.807) is 23.2 Å². The molecule has 9 nitrogen and oxygen atoms in total. The Hall–Kier alpha value is -2.68. The van der Waals surface area contributed by atoms with Gasteiger partial charge in [0.15, 0.2) is 5.17 Å². The van der Waals surface area contributed by atoms with Gasteiger partial charge >= 0.3 is 6.73 Å². The lowest BCUT2D eigenvalue weighted by atomic mass is 9.80. The number of carbonyl (C=O) groups is 1. The van der Waals surface area contributed by atoms with Gasteiger partial charge in [0, 0.05) is 17.1 Å². The van der Waals surface area contributed by atoms with Crippen molar-refractivity contribution in [1.29, 1.82) is 0 Å². The molecule has 0 saturated carbocycles. The largest absolute Gasteiger partial charge is 0.424 e. The summed E-state index contributed by atoms with van der Waals surface area (Å²) in [5.74, 6) is 1.64. The number of rotatable bonds is 5. The zero-order valence-electron chi connectivity index (χ0n) is 16.2. The van der Waals surface area contributed by atoms with Gasteiger partial charge in [0.25, 0.3) is 5.91 Å². The van der Waals surface area contributed by atoms with E-state index in [0.717, 1.165) is 17.2 Å². The number of nitrogens with one attached hydrogen (secondary N) is 1. The topological polar surface area (TPSA) is 116 Å². The molecule has 2 aromatic rings. The number of amides is 1. The van der Waals surface area contributed by atoms with Crippen LogP contribution in [-0.2, 0) is 10.3 Å². The Morgan fingerprint density at radius 1 is 1.53 bits per heavy atom. The van der Waals surface area contributed by atoms with Gasteiger partial charge in [-0.25, -0.2) is 21.5 Å². The summed E-state index contributed by atoms with van der Waals surface area (Å²) >= 11 is 3.00. The summed E-state index contributed by atoms with van der Waals surface area (Å²) in [6.07, 6.45) is 2.47. The molecule has 0 unspecified atom stereocenters. The van der Waals surface area contributed by atoms with Gasteiger partial charge in [-0.3, -0.25) is 9.64 Å². The molecule has 3 N–H and O–H groups in total. The summed E-state index contributed by atoms with van der Waals surface area (Å²) in [5, 5.41) is 5.89. The first-order valence-corrected chi connectivity index (χ1v) is 11.2. The SMILES string of the molecule is [C-]#[N+]COc1ccc(C(=O)Nc2csc([C@]34CO[C@@H](C)C[C@H]3CSC(N)=N4)n2)nc1. The third kappa shape index (κ3) is 4.12. The molecule has 4 rings (SSSR count). The number of hydrogen-bond donors (Lipinski definition) is 2. The van der Waals surface area contributed by atoms with Gasteiger partial charge in [-0.2, -0.15) is 0 Å². The Morgan fingerprint density at radius 3 is 3.17 bits per heavy atom. The van der Waals surface area contributed by atoms with Crippen LogP contribution >= 0.6 is 23.1 Å². The highest BCUT2D eigenvalue weighted by Gasteiger charge is 2.49. The maximum Gasteiger partial charge on any atom is 0.357 e. The fraction of sp³-hybridized carbons (Fsp3) is 0.421. The summed E-state index contributed by atoms with van der Waals surface area (Å²) in [5.41, 5.74) is 5.66. The number of ether oxygens (including phenoxy) is 2. The third-order valence-corrected chi connectivity index (χ3v) is 6.97. The van der Waals surface area contributed by atoms with Crippen LogP contribution in [0.15, 0.2) is 28.7 Å². The highest BCUT2D eigenvalue weighted by atomic mass is 32.2. The number of fused-ring (bicyclic) bond motifs is 1. The Bertz CT molecular complexity index is 1000. The fourth-order valence-corrected chi connectivity index (χ4v) is 5.47. The molecule has 0 aromatic carbocycles. The Balaban J connectivity index is 1.50. The molecular weight excluding hydrogens is 424 g/mol. The van der Waals surface area contributed by atoms with E-state index in [9.17, 15) is 4.79 Å². The zero-order valence-corrected chi connectivity index (χ0v) is 17.8. The number of hydrogen-bond acceptors (Lipinski definition) is 9. The molecule has 0 bridgehead atoms. The van der Waals surface area contributed by atoms with Crippen molar-refractivity contribution in [3.05, 3.63) is 45.8 Å². The first-order chi connectivity index (χ1) is 14.5. The van der Waals surface area contributed by atoms with Crippen LogP contribution in [0.25, 0.3) is 4.85 Å². The van der Waals surface area contributed by atoms with Crippen molar-refractivity contribution in [2.75, 3.05) is 24.4 Å². The van der Waals surface area contributed by atoms with E-state index in [-0.39, 0.29) is 30.4 Å². The van der Waals surface area contributed by atoms with Gasteiger partial charge in [-0.05, 0) is 25.5 Å². The predicted octanol–water partition coefficient (Wildman–Crippen LogP) is 2.73. The van der Waals surface area contributed by atoms with Crippen molar-refractivity contribution in [2.24, 2.45) is 16.6 Å². The summed E-state index contributed by atoms with van der Waals surface area (Å²) in [6, 6.07) is 3.14. The van der Waals surface area contributed by atoms with E-state index in [2.05, 4.69) is 27.1 Å². The summed E-state index contributed by atoms with van der Waals surface area (Å²) in [7, 11) is 0. The van der Waals surface area contributed by atoms with E-state index >= 15 is 0 Å². The highest BCUT2D eigenvalue weighted by molar-refractivity contribution is 8.13. The molecule has 4 heterocycles. The van der Waals surface area contributed by atoms with E-state index in [1.807, 2.05) is 0 Å². The van der Waals surface area contributed by atoms with Crippen molar-refractivity contribution in [3.8, 4) is 5.75 Å². The van der Waals surface area contributed by atoms with E-state index in [4.69, 9.17) is 26.8 Å². The molecule has 1 fully saturated rings. The van der Waals surface area contributed by atoms with Crippen LogP contribution in [0.2, 0.25) is 0 Å². The molecule has 0 aliphatic carbocycles. The first kappa shape index (κ1) is 20.6. The number of nitrogens with zero attached hydrogens (tertiary/aromatic N) is 4. The van der Waals surface area contributed by atoms with Crippen LogP contribution in [0.5, 0.6) is 5.75 Å². The van der Waals surface area contributed by atoms with Crippen LogP contribution in [0.4, 0.5) is 5.82 Å². The molecule has 0 spiro atoms. The number of thioether (sulfide) groups is 1. The van der Waals surface area contributed by atoms with Gasteiger partial charge in [-0.1, -0.05) is 11.8 Å². The maximum absolute atomic E-state index is 12.5. The molecule has 2 aliphatic rings. The molecule has 3 atom stereocenters. The second-order valence-electron chi connectivity index (χ2n) is 7.04. The molecule has 0 radical (unpaired) electrons. The minimum absolute atomic E-state index is 0.0917. The normalized spacial score (nSPS) is 25.5. The van der Waals surface area contributed by atoms with Crippen LogP contribution < -0.4 is 15.8 Å². The number of nitrogens with two attached hydrogens (primary N) is 1. The number of anilines is 1. The average molecular weight is 445 g/mol. The lowest BCUT2D eigenvalue weighted by Crippen LogP contribution is -2.49. The average Bonchev–Trinajstić information content (AvgIpc) is 3.22. The van der Waals surface area contributed by atoms with Gasteiger partial charge in [0.2, 0.25) is 0 Å². The molecule has 1 saturated heterocycles.